The fourth-order valence-electron chi connectivity index (χ4n) is 2.70. The molecule has 0 fully saturated rings. The molecule has 1 atom stereocenters. The van der Waals surface area contributed by atoms with Gasteiger partial charge in [-0.05, 0) is 38.5 Å². The van der Waals surface area contributed by atoms with Crippen molar-refractivity contribution < 1.29 is 13.9 Å². The number of nitrogens with zero attached hydrogens (tertiary/aromatic N) is 2. The Bertz CT molecular complexity index is 995. The summed E-state index contributed by atoms with van der Waals surface area (Å²) in [6, 6.07) is 5.26. The number of thiazole rings is 1. The number of hydrogen-bond donors (Lipinski definition) is 0. The molecule has 0 bridgehead atoms. The van der Waals surface area contributed by atoms with Gasteiger partial charge in [-0.3, -0.25) is 4.79 Å². The average Bonchev–Trinajstić information content (AvgIpc) is 3.11. The van der Waals surface area contributed by atoms with E-state index in [9.17, 15) is 9.59 Å². The van der Waals surface area contributed by atoms with Crippen LogP contribution in [0.25, 0.3) is 11.0 Å². The molecule has 0 spiro atoms. The fourth-order valence-corrected chi connectivity index (χ4v) is 3.25. The summed E-state index contributed by atoms with van der Waals surface area (Å²) >= 11 is 1.49. The second kappa shape index (κ2) is 7.29. The molecule has 0 radical (unpaired) electrons. The van der Waals surface area contributed by atoms with E-state index in [1.807, 2.05) is 18.4 Å². The molecular formula is C19H20N2O4S. The quantitative estimate of drug-likeness (QED) is 0.643. The number of hydrogen-bond acceptors (Lipinski definition) is 6. The minimum Gasteiger partial charge on any atom is -0.481 e. The summed E-state index contributed by atoms with van der Waals surface area (Å²) in [6.07, 6.45) is -0.672. The van der Waals surface area contributed by atoms with E-state index in [2.05, 4.69) is 4.98 Å². The number of aryl methyl sites for hydroxylation is 1. The first kappa shape index (κ1) is 18.1. The molecule has 136 valence electrons. The lowest BCUT2D eigenvalue weighted by Crippen LogP contribution is -2.37. The molecule has 6 nitrogen and oxygen atoms in total. The summed E-state index contributed by atoms with van der Waals surface area (Å²) in [4.78, 5) is 30.1. The zero-order chi connectivity index (χ0) is 18.8. The van der Waals surface area contributed by atoms with Gasteiger partial charge >= 0.3 is 5.63 Å². The molecular weight excluding hydrogens is 352 g/mol. The predicted octanol–water partition coefficient (Wildman–Crippen LogP) is 3.29. The second-order valence-electron chi connectivity index (χ2n) is 6.23. The number of likely N-dealkylation sites (N-methyl/N-ethyl adjacent to an activating group) is 1. The maximum atomic E-state index is 12.5. The predicted molar refractivity (Wildman–Crippen MR) is 101 cm³/mol. The first-order valence-electron chi connectivity index (χ1n) is 8.19. The Kier molecular flexibility index (Phi) is 5.08. The molecule has 1 amide bonds. The molecule has 7 heteroatoms. The Balaban J connectivity index is 1.76. The van der Waals surface area contributed by atoms with Crippen LogP contribution in [0.15, 0.2) is 38.3 Å². The van der Waals surface area contributed by atoms with E-state index >= 15 is 0 Å². The molecule has 0 saturated carbocycles. The lowest BCUT2D eigenvalue weighted by Gasteiger charge is -2.21. The van der Waals surface area contributed by atoms with Gasteiger partial charge in [-0.2, -0.15) is 0 Å². The van der Waals surface area contributed by atoms with Crippen molar-refractivity contribution in [2.45, 2.75) is 33.4 Å². The van der Waals surface area contributed by atoms with Crippen LogP contribution in [0.1, 0.15) is 23.7 Å². The summed E-state index contributed by atoms with van der Waals surface area (Å²) in [5.74, 6) is 0.325. The SMILES string of the molecule is Cc1c(C)c2ccc(OC(C)C(=O)N(C)Cc3cscn3)cc2oc1=O. The van der Waals surface area contributed by atoms with Crippen molar-refractivity contribution >= 4 is 28.2 Å². The van der Waals surface area contributed by atoms with E-state index in [1.54, 1.807) is 43.4 Å². The third-order valence-electron chi connectivity index (χ3n) is 4.35. The van der Waals surface area contributed by atoms with Crippen LogP contribution < -0.4 is 10.4 Å². The Morgan fingerprint density at radius 2 is 2.12 bits per heavy atom. The number of amides is 1. The van der Waals surface area contributed by atoms with Crippen LogP contribution in [0, 0.1) is 13.8 Å². The summed E-state index contributed by atoms with van der Waals surface area (Å²) in [7, 11) is 1.72. The van der Waals surface area contributed by atoms with Gasteiger partial charge in [-0.15, -0.1) is 11.3 Å². The largest absolute Gasteiger partial charge is 0.481 e. The van der Waals surface area contributed by atoms with Crippen LogP contribution in [0.2, 0.25) is 0 Å². The number of benzene rings is 1. The standard InChI is InChI=1S/C19H20N2O4S/c1-11-12(2)19(23)25-17-7-15(5-6-16(11)17)24-13(3)18(22)21(4)8-14-9-26-10-20-14/h5-7,9-10,13H,8H2,1-4H3. The summed E-state index contributed by atoms with van der Waals surface area (Å²) in [5.41, 5.74) is 4.15. The number of ether oxygens (including phenoxy) is 1. The molecule has 3 rings (SSSR count). The monoisotopic (exact) mass is 372 g/mol. The summed E-state index contributed by atoms with van der Waals surface area (Å²) in [6.45, 7) is 5.75. The molecule has 1 unspecified atom stereocenters. The second-order valence-corrected chi connectivity index (χ2v) is 6.95. The molecule has 0 aliphatic carbocycles. The average molecular weight is 372 g/mol. The third-order valence-corrected chi connectivity index (χ3v) is 4.98. The van der Waals surface area contributed by atoms with Crippen molar-refractivity contribution in [1.29, 1.82) is 0 Å². The van der Waals surface area contributed by atoms with Gasteiger partial charge in [0.05, 0.1) is 17.7 Å². The number of carbonyl (C=O) groups is 1. The van der Waals surface area contributed by atoms with Gasteiger partial charge in [-0.25, -0.2) is 9.78 Å². The number of rotatable bonds is 5. The molecule has 26 heavy (non-hydrogen) atoms. The van der Waals surface area contributed by atoms with Crippen LogP contribution in [-0.2, 0) is 11.3 Å². The lowest BCUT2D eigenvalue weighted by molar-refractivity contribution is -0.137. The number of fused-ring (bicyclic) bond motifs is 1. The van der Waals surface area contributed by atoms with Crippen LogP contribution in [0.3, 0.4) is 0 Å². The zero-order valence-corrected chi connectivity index (χ0v) is 15.9. The third kappa shape index (κ3) is 3.62. The van der Waals surface area contributed by atoms with Crippen LogP contribution in [-0.4, -0.2) is 28.9 Å². The van der Waals surface area contributed by atoms with E-state index in [4.69, 9.17) is 9.15 Å². The molecule has 0 aliphatic rings. The number of carbonyl (C=O) groups excluding carboxylic acids is 1. The maximum Gasteiger partial charge on any atom is 0.339 e. The first-order valence-corrected chi connectivity index (χ1v) is 9.14. The Morgan fingerprint density at radius 3 is 2.81 bits per heavy atom. The van der Waals surface area contributed by atoms with Crippen LogP contribution >= 0.6 is 11.3 Å². The summed E-state index contributed by atoms with van der Waals surface area (Å²) in [5, 5.41) is 2.76. The Morgan fingerprint density at radius 1 is 1.35 bits per heavy atom. The highest BCUT2D eigenvalue weighted by Crippen LogP contribution is 2.24. The van der Waals surface area contributed by atoms with Crippen molar-refractivity contribution in [2.75, 3.05) is 7.05 Å². The summed E-state index contributed by atoms with van der Waals surface area (Å²) < 4.78 is 11.1. The van der Waals surface area contributed by atoms with Gasteiger partial charge in [0.25, 0.3) is 5.91 Å². The minimum atomic E-state index is -0.672. The molecule has 0 aliphatic heterocycles. The van der Waals surface area contributed by atoms with Crippen LogP contribution in [0.5, 0.6) is 5.75 Å². The van der Waals surface area contributed by atoms with E-state index in [0.717, 1.165) is 16.6 Å². The van der Waals surface area contributed by atoms with Crippen molar-refractivity contribution in [3.8, 4) is 5.75 Å². The minimum absolute atomic E-state index is 0.153. The highest BCUT2D eigenvalue weighted by molar-refractivity contribution is 7.07. The fraction of sp³-hybridized carbons (Fsp3) is 0.316. The lowest BCUT2D eigenvalue weighted by atomic mass is 10.1. The topological polar surface area (TPSA) is 72.6 Å². The van der Waals surface area contributed by atoms with Gasteiger partial charge in [0.2, 0.25) is 0 Å². The van der Waals surface area contributed by atoms with Crippen molar-refractivity contribution in [3.05, 3.63) is 56.3 Å². The Labute approximate surface area is 155 Å². The zero-order valence-electron chi connectivity index (χ0n) is 15.1. The molecule has 0 saturated heterocycles. The first-order chi connectivity index (χ1) is 12.4. The smallest absolute Gasteiger partial charge is 0.339 e. The Hall–Kier alpha value is -2.67. The van der Waals surface area contributed by atoms with Gasteiger partial charge in [0.15, 0.2) is 6.10 Å². The van der Waals surface area contributed by atoms with E-state index in [0.29, 0.717) is 23.4 Å². The van der Waals surface area contributed by atoms with Crippen molar-refractivity contribution in [1.82, 2.24) is 9.88 Å². The van der Waals surface area contributed by atoms with E-state index in [1.165, 1.54) is 11.3 Å². The van der Waals surface area contributed by atoms with Gasteiger partial charge in [0, 0.05) is 29.4 Å². The normalized spacial score (nSPS) is 12.2. The van der Waals surface area contributed by atoms with Gasteiger partial charge < -0.3 is 14.1 Å². The molecule has 0 N–H and O–H groups in total. The van der Waals surface area contributed by atoms with Crippen molar-refractivity contribution in [2.24, 2.45) is 0 Å². The molecule has 1 aromatic carbocycles. The van der Waals surface area contributed by atoms with Gasteiger partial charge in [0.1, 0.15) is 11.3 Å². The van der Waals surface area contributed by atoms with Crippen LogP contribution in [0.4, 0.5) is 0 Å². The number of aromatic nitrogens is 1. The molecule has 2 aromatic heterocycles. The van der Waals surface area contributed by atoms with E-state index in [-0.39, 0.29) is 11.5 Å². The highest BCUT2D eigenvalue weighted by Gasteiger charge is 2.20. The molecule has 2 heterocycles. The van der Waals surface area contributed by atoms with Gasteiger partial charge in [-0.1, -0.05) is 0 Å². The molecule has 3 aromatic rings. The van der Waals surface area contributed by atoms with Crippen molar-refractivity contribution in [3.63, 3.8) is 0 Å². The van der Waals surface area contributed by atoms with E-state index < -0.39 is 6.10 Å². The highest BCUT2D eigenvalue weighted by atomic mass is 32.1. The maximum absolute atomic E-state index is 12.5.